The van der Waals surface area contributed by atoms with Crippen LogP contribution in [0.4, 0.5) is 0 Å². The summed E-state index contributed by atoms with van der Waals surface area (Å²) in [7, 11) is 0. The van der Waals surface area contributed by atoms with Crippen molar-refractivity contribution in [3.8, 4) is 22.8 Å². The summed E-state index contributed by atoms with van der Waals surface area (Å²) < 4.78 is 11.7. The van der Waals surface area contributed by atoms with Crippen LogP contribution in [-0.4, -0.2) is 34.4 Å². The van der Waals surface area contributed by atoms with Gasteiger partial charge in [-0.2, -0.15) is 5.10 Å². The molecule has 0 amide bonds. The molecular weight excluding hydrogens is 304 g/mol. The summed E-state index contributed by atoms with van der Waals surface area (Å²) >= 11 is 0. The van der Waals surface area contributed by atoms with E-state index in [1.807, 2.05) is 48.8 Å². The van der Waals surface area contributed by atoms with Gasteiger partial charge in [0.2, 0.25) is 0 Å². The Morgan fingerprint density at radius 2 is 2.04 bits per heavy atom. The van der Waals surface area contributed by atoms with Crippen LogP contribution >= 0.6 is 0 Å². The monoisotopic (exact) mass is 322 g/mol. The average Bonchev–Trinajstić information content (AvgIpc) is 3.11. The molecule has 1 aromatic carbocycles. The minimum Gasteiger partial charge on any atom is -0.486 e. The van der Waals surface area contributed by atoms with Gasteiger partial charge in [-0.05, 0) is 24.3 Å². The third-order valence-electron chi connectivity index (χ3n) is 3.92. The van der Waals surface area contributed by atoms with Crippen LogP contribution in [0.5, 0.6) is 11.5 Å². The van der Waals surface area contributed by atoms with Gasteiger partial charge in [0.15, 0.2) is 11.5 Å². The van der Waals surface area contributed by atoms with E-state index in [0.717, 1.165) is 28.3 Å². The molecular formula is C18H18N4O2. The number of hydrogen-bond acceptors (Lipinski definition) is 5. The first-order valence-electron chi connectivity index (χ1n) is 7.92. The number of nitrogens with zero attached hydrogens (tertiary/aromatic N) is 2. The number of H-pyrrole nitrogens is 1. The van der Waals surface area contributed by atoms with Crippen molar-refractivity contribution in [3.05, 3.63) is 60.6 Å². The van der Waals surface area contributed by atoms with Crippen molar-refractivity contribution in [2.24, 2.45) is 0 Å². The Balaban J connectivity index is 1.35. The van der Waals surface area contributed by atoms with E-state index in [1.165, 1.54) is 0 Å². The van der Waals surface area contributed by atoms with Gasteiger partial charge in [0.05, 0.1) is 11.9 Å². The molecule has 0 aliphatic carbocycles. The fraction of sp³-hybridized carbons (Fsp3) is 0.222. The number of rotatable bonds is 5. The van der Waals surface area contributed by atoms with E-state index in [4.69, 9.17) is 9.47 Å². The lowest BCUT2D eigenvalue weighted by Crippen LogP contribution is -2.38. The molecule has 122 valence electrons. The van der Waals surface area contributed by atoms with Crippen LogP contribution in [0.15, 0.2) is 55.0 Å². The summed E-state index contributed by atoms with van der Waals surface area (Å²) in [6.45, 7) is 1.94. The maximum Gasteiger partial charge on any atom is 0.161 e. The summed E-state index contributed by atoms with van der Waals surface area (Å²) in [5.74, 6) is 1.61. The molecule has 6 heteroatoms. The molecule has 0 saturated heterocycles. The molecule has 3 heterocycles. The molecule has 3 aromatic rings. The number of fused-ring (bicyclic) bond motifs is 1. The van der Waals surface area contributed by atoms with Gasteiger partial charge < -0.3 is 14.8 Å². The number of hydrogen-bond donors (Lipinski definition) is 2. The third-order valence-corrected chi connectivity index (χ3v) is 3.92. The Kier molecular flexibility index (Phi) is 4.12. The molecule has 0 saturated carbocycles. The highest BCUT2D eigenvalue weighted by molar-refractivity contribution is 5.61. The Bertz CT molecular complexity index is 804. The van der Waals surface area contributed by atoms with Crippen molar-refractivity contribution in [2.75, 3.05) is 13.2 Å². The number of para-hydroxylation sites is 2. The molecule has 24 heavy (non-hydrogen) atoms. The minimum absolute atomic E-state index is 0.00589. The lowest BCUT2D eigenvalue weighted by atomic mass is 10.1. The second-order valence-corrected chi connectivity index (χ2v) is 5.64. The number of ether oxygens (including phenoxy) is 2. The maximum absolute atomic E-state index is 5.95. The number of benzene rings is 1. The van der Waals surface area contributed by atoms with Crippen LogP contribution in [0, 0.1) is 0 Å². The van der Waals surface area contributed by atoms with Crippen LogP contribution in [0.3, 0.4) is 0 Å². The summed E-state index contributed by atoms with van der Waals surface area (Å²) in [6.07, 6.45) is 5.42. The predicted molar refractivity (Wildman–Crippen MR) is 89.9 cm³/mol. The van der Waals surface area contributed by atoms with Crippen molar-refractivity contribution in [1.29, 1.82) is 0 Å². The maximum atomic E-state index is 5.95. The second-order valence-electron chi connectivity index (χ2n) is 5.64. The number of pyridine rings is 1. The van der Waals surface area contributed by atoms with Gasteiger partial charge in [0.25, 0.3) is 0 Å². The molecule has 4 rings (SSSR count). The van der Waals surface area contributed by atoms with Crippen molar-refractivity contribution in [3.63, 3.8) is 0 Å². The fourth-order valence-corrected chi connectivity index (χ4v) is 2.74. The molecule has 1 aliphatic heterocycles. The lowest BCUT2D eigenvalue weighted by molar-refractivity contribution is 0.0902. The van der Waals surface area contributed by atoms with Crippen molar-refractivity contribution >= 4 is 0 Å². The highest BCUT2D eigenvalue weighted by Gasteiger charge is 2.20. The minimum atomic E-state index is -0.00589. The molecule has 0 bridgehead atoms. The lowest BCUT2D eigenvalue weighted by Gasteiger charge is -2.26. The third kappa shape index (κ3) is 3.09. The Morgan fingerprint density at radius 3 is 2.92 bits per heavy atom. The normalized spacial score (nSPS) is 16.1. The molecule has 2 N–H and O–H groups in total. The topological polar surface area (TPSA) is 72.1 Å². The highest BCUT2D eigenvalue weighted by atomic mass is 16.6. The Morgan fingerprint density at radius 1 is 1.12 bits per heavy atom. The smallest absolute Gasteiger partial charge is 0.161 e. The zero-order chi connectivity index (χ0) is 16.2. The number of aromatic nitrogens is 3. The number of aromatic amines is 1. The standard InChI is InChI=1S/C18H18N4O2/c1-2-6-17-16(5-1)23-12-15(24-17)11-20-9-14-10-21-22-18(14)13-4-3-7-19-8-13/h1-8,10,15,20H,9,11-12H2,(H,21,22). The van der Waals surface area contributed by atoms with Crippen LogP contribution in [0.2, 0.25) is 0 Å². The predicted octanol–water partition coefficient (Wildman–Crippen LogP) is 2.40. The first-order chi connectivity index (χ1) is 11.9. The van der Waals surface area contributed by atoms with E-state index < -0.39 is 0 Å². The summed E-state index contributed by atoms with van der Waals surface area (Å²) in [5, 5.41) is 10.6. The summed E-state index contributed by atoms with van der Waals surface area (Å²) in [6, 6.07) is 11.7. The van der Waals surface area contributed by atoms with Crippen LogP contribution in [0.1, 0.15) is 5.56 Å². The first-order valence-corrected chi connectivity index (χ1v) is 7.92. The first kappa shape index (κ1) is 14.7. The largest absolute Gasteiger partial charge is 0.486 e. The molecule has 0 radical (unpaired) electrons. The number of nitrogens with one attached hydrogen (secondary N) is 2. The van der Waals surface area contributed by atoms with E-state index in [9.17, 15) is 0 Å². The van der Waals surface area contributed by atoms with Gasteiger partial charge in [-0.15, -0.1) is 0 Å². The van der Waals surface area contributed by atoms with Crippen molar-refractivity contribution < 1.29 is 9.47 Å². The van der Waals surface area contributed by atoms with Gasteiger partial charge in [-0.1, -0.05) is 12.1 Å². The zero-order valence-corrected chi connectivity index (χ0v) is 13.1. The van der Waals surface area contributed by atoms with Gasteiger partial charge in [-0.3, -0.25) is 10.1 Å². The molecule has 6 nitrogen and oxygen atoms in total. The zero-order valence-electron chi connectivity index (χ0n) is 13.1. The second kappa shape index (κ2) is 6.72. The molecule has 1 unspecified atom stereocenters. The fourth-order valence-electron chi connectivity index (χ4n) is 2.74. The van der Waals surface area contributed by atoms with E-state index >= 15 is 0 Å². The molecule has 1 atom stereocenters. The highest BCUT2D eigenvalue weighted by Crippen LogP contribution is 2.30. The van der Waals surface area contributed by atoms with Crippen LogP contribution in [-0.2, 0) is 6.54 Å². The van der Waals surface area contributed by atoms with E-state index in [0.29, 0.717) is 19.7 Å². The molecule has 0 spiro atoms. The summed E-state index contributed by atoms with van der Waals surface area (Å²) in [4.78, 5) is 4.15. The van der Waals surface area contributed by atoms with Gasteiger partial charge in [0.1, 0.15) is 12.7 Å². The van der Waals surface area contributed by atoms with Crippen molar-refractivity contribution in [2.45, 2.75) is 12.6 Å². The van der Waals surface area contributed by atoms with Gasteiger partial charge in [-0.25, -0.2) is 0 Å². The van der Waals surface area contributed by atoms with Gasteiger partial charge in [0, 0.05) is 36.6 Å². The Hall–Kier alpha value is -2.86. The van der Waals surface area contributed by atoms with E-state index in [-0.39, 0.29) is 6.10 Å². The molecule has 1 aliphatic rings. The Labute approximate surface area is 139 Å². The van der Waals surface area contributed by atoms with Crippen LogP contribution in [0.25, 0.3) is 11.3 Å². The SMILES string of the molecule is c1cncc(-c2[nH]ncc2CNCC2COc3ccccc3O2)c1. The van der Waals surface area contributed by atoms with E-state index in [1.54, 1.807) is 6.20 Å². The van der Waals surface area contributed by atoms with Crippen LogP contribution < -0.4 is 14.8 Å². The summed E-state index contributed by atoms with van der Waals surface area (Å²) in [5.41, 5.74) is 3.11. The quantitative estimate of drug-likeness (QED) is 0.755. The van der Waals surface area contributed by atoms with E-state index in [2.05, 4.69) is 20.5 Å². The van der Waals surface area contributed by atoms with Crippen molar-refractivity contribution in [1.82, 2.24) is 20.5 Å². The average molecular weight is 322 g/mol. The van der Waals surface area contributed by atoms with Gasteiger partial charge >= 0.3 is 0 Å². The molecule has 0 fully saturated rings. The molecule has 2 aromatic heterocycles.